The van der Waals surface area contributed by atoms with Crippen LogP contribution in [-0.2, 0) is 4.79 Å². The molecule has 2 aliphatic rings. The highest BCUT2D eigenvalue weighted by atomic mass is 35.5. The number of halogens is 2. The van der Waals surface area contributed by atoms with E-state index in [1.54, 1.807) is 5.01 Å². The molecule has 1 heterocycles. The van der Waals surface area contributed by atoms with E-state index in [1.165, 1.54) is 0 Å². The van der Waals surface area contributed by atoms with Gasteiger partial charge in [0.05, 0.1) is 11.8 Å². The molecule has 0 saturated heterocycles. The Labute approximate surface area is 215 Å². The molecule has 0 radical (unpaired) electrons. The lowest BCUT2D eigenvalue weighted by molar-refractivity contribution is -0.135. The number of benzene rings is 3. The molecule has 178 valence electrons. The molecule has 3 aromatic rings. The van der Waals surface area contributed by atoms with E-state index in [2.05, 4.69) is 6.08 Å². The molecule has 0 N–H and O–H groups in total. The van der Waals surface area contributed by atoms with E-state index in [-0.39, 0.29) is 24.5 Å². The molecule has 1 aliphatic carbocycles. The van der Waals surface area contributed by atoms with Crippen molar-refractivity contribution in [3.8, 4) is 5.75 Å². The Bertz CT molecular complexity index is 1280. The molecular formula is C29H26Cl2N2O2. The van der Waals surface area contributed by atoms with Crippen molar-refractivity contribution in [3.05, 3.63) is 105 Å². The Hall–Kier alpha value is -3.08. The summed E-state index contributed by atoms with van der Waals surface area (Å²) >= 11 is 12.2. The largest absolute Gasteiger partial charge is 0.484 e. The van der Waals surface area contributed by atoms with Gasteiger partial charge in [0, 0.05) is 16.0 Å². The molecule has 1 aliphatic heterocycles. The monoisotopic (exact) mass is 504 g/mol. The van der Waals surface area contributed by atoms with Crippen molar-refractivity contribution in [1.82, 2.24) is 5.01 Å². The molecular weight excluding hydrogens is 479 g/mol. The standard InChI is InChI=1S/C29H26Cl2N2O2/c1-19-4-2-6-25(16-19)35-18-27(34)33-29(21-10-14-24(31)15-11-21)26-7-3-5-22(28(26)32-33)17-20-8-12-23(30)13-9-20/h2,4,6,8-17,26,29H,3,5,7,18H2,1H3. The second-order valence-electron chi connectivity index (χ2n) is 9.04. The highest BCUT2D eigenvalue weighted by Gasteiger charge is 2.43. The molecule has 0 spiro atoms. The number of nitrogens with zero attached hydrogens (tertiary/aromatic N) is 2. The molecule has 1 amide bonds. The van der Waals surface area contributed by atoms with Gasteiger partial charge in [0.15, 0.2) is 6.61 Å². The number of fused-ring (bicyclic) bond motifs is 1. The molecule has 1 saturated carbocycles. The topological polar surface area (TPSA) is 41.9 Å². The minimum Gasteiger partial charge on any atom is -0.484 e. The lowest BCUT2D eigenvalue weighted by Crippen LogP contribution is -2.34. The molecule has 3 aromatic carbocycles. The summed E-state index contributed by atoms with van der Waals surface area (Å²) in [4.78, 5) is 13.4. The number of allylic oxidation sites excluding steroid dienone is 1. The number of hydrogen-bond acceptors (Lipinski definition) is 3. The molecule has 0 aromatic heterocycles. The molecule has 2 atom stereocenters. The predicted octanol–water partition coefficient (Wildman–Crippen LogP) is 7.50. The fourth-order valence-corrected chi connectivity index (χ4v) is 5.13. The maximum absolute atomic E-state index is 13.4. The summed E-state index contributed by atoms with van der Waals surface area (Å²) in [5, 5.41) is 7.91. The van der Waals surface area contributed by atoms with Crippen LogP contribution in [0.1, 0.15) is 42.0 Å². The first-order chi connectivity index (χ1) is 17.0. The number of carbonyl (C=O) groups is 1. The summed E-state index contributed by atoms with van der Waals surface area (Å²) in [6, 6.07) is 23.0. The number of carbonyl (C=O) groups excluding carboxylic acids is 1. The van der Waals surface area contributed by atoms with E-state index in [1.807, 2.05) is 79.7 Å². The number of aryl methyl sites for hydroxylation is 1. The second kappa shape index (κ2) is 10.3. The van der Waals surface area contributed by atoms with Crippen LogP contribution in [0.2, 0.25) is 10.0 Å². The number of amides is 1. The van der Waals surface area contributed by atoms with Gasteiger partial charge < -0.3 is 4.74 Å². The number of hydrogen-bond donors (Lipinski definition) is 0. The Morgan fingerprint density at radius 2 is 1.77 bits per heavy atom. The zero-order valence-corrected chi connectivity index (χ0v) is 21.0. The minimum atomic E-state index is -0.190. The van der Waals surface area contributed by atoms with Gasteiger partial charge in [0.1, 0.15) is 5.75 Å². The van der Waals surface area contributed by atoms with E-state index in [0.717, 1.165) is 47.2 Å². The van der Waals surface area contributed by atoms with Crippen molar-refractivity contribution < 1.29 is 9.53 Å². The van der Waals surface area contributed by atoms with Crippen molar-refractivity contribution in [3.63, 3.8) is 0 Å². The van der Waals surface area contributed by atoms with Gasteiger partial charge in [0.2, 0.25) is 0 Å². The molecule has 35 heavy (non-hydrogen) atoms. The summed E-state index contributed by atoms with van der Waals surface area (Å²) in [7, 11) is 0. The van der Waals surface area contributed by atoms with Gasteiger partial charge >= 0.3 is 0 Å². The Morgan fingerprint density at radius 3 is 2.49 bits per heavy atom. The Balaban J connectivity index is 1.46. The van der Waals surface area contributed by atoms with E-state index < -0.39 is 0 Å². The zero-order valence-electron chi connectivity index (χ0n) is 19.5. The highest BCUT2D eigenvalue weighted by molar-refractivity contribution is 6.30. The molecule has 6 heteroatoms. The van der Waals surface area contributed by atoms with Crippen LogP contribution in [0.25, 0.3) is 6.08 Å². The molecule has 1 fully saturated rings. The molecule has 4 nitrogen and oxygen atoms in total. The van der Waals surface area contributed by atoms with Crippen LogP contribution in [0.15, 0.2) is 83.5 Å². The van der Waals surface area contributed by atoms with Crippen molar-refractivity contribution in [1.29, 1.82) is 0 Å². The van der Waals surface area contributed by atoms with Crippen LogP contribution < -0.4 is 4.74 Å². The number of rotatable bonds is 5. The average Bonchev–Trinajstić information content (AvgIpc) is 3.25. The lowest BCUT2D eigenvalue weighted by Gasteiger charge is -2.29. The summed E-state index contributed by atoms with van der Waals surface area (Å²) in [6.07, 6.45) is 5.09. The van der Waals surface area contributed by atoms with Crippen LogP contribution in [0.3, 0.4) is 0 Å². The Morgan fingerprint density at radius 1 is 1.06 bits per heavy atom. The SMILES string of the molecule is Cc1cccc(OCC(=O)N2N=C3C(=Cc4ccc(Cl)cc4)CCCC3C2c2ccc(Cl)cc2)c1. The van der Waals surface area contributed by atoms with Gasteiger partial charge in [-0.2, -0.15) is 5.10 Å². The first-order valence-electron chi connectivity index (χ1n) is 11.8. The third-order valence-corrected chi connectivity index (χ3v) is 7.04. The number of ether oxygens (including phenoxy) is 1. The van der Waals surface area contributed by atoms with Crippen molar-refractivity contribution >= 4 is 40.9 Å². The van der Waals surface area contributed by atoms with E-state index in [4.69, 9.17) is 33.0 Å². The van der Waals surface area contributed by atoms with Crippen molar-refractivity contribution in [2.24, 2.45) is 11.0 Å². The smallest absolute Gasteiger partial charge is 0.281 e. The maximum Gasteiger partial charge on any atom is 0.281 e. The molecule has 5 rings (SSSR count). The number of hydrazone groups is 1. The molecule has 0 bridgehead atoms. The van der Waals surface area contributed by atoms with Gasteiger partial charge in [0.25, 0.3) is 5.91 Å². The lowest BCUT2D eigenvalue weighted by atomic mass is 9.77. The predicted molar refractivity (Wildman–Crippen MR) is 142 cm³/mol. The van der Waals surface area contributed by atoms with E-state index >= 15 is 0 Å². The summed E-state index contributed by atoms with van der Waals surface area (Å²) in [5.74, 6) is 0.625. The first kappa shape index (κ1) is 23.7. The first-order valence-corrected chi connectivity index (χ1v) is 12.6. The average molecular weight is 505 g/mol. The third-order valence-electron chi connectivity index (χ3n) is 6.53. The van der Waals surface area contributed by atoms with Crippen molar-refractivity contribution in [2.45, 2.75) is 32.2 Å². The summed E-state index contributed by atoms with van der Waals surface area (Å²) in [5.41, 5.74) is 5.32. The van der Waals surface area contributed by atoms with Gasteiger partial charge in [-0.3, -0.25) is 4.79 Å². The van der Waals surface area contributed by atoms with E-state index in [0.29, 0.717) is 15.8 Å². The summed E-state index contributed by atoms with van der Waals surface area (Å²) < 4.78 is 5.84. The minimum absolute atomic E-state index is 0.0761. The van der Waals surface area contributed by atoms with Gasteiger partial charge in [-0.25, -0.2) is 5.01 Å². The molecule has 2 unspecified atom stereocenters. The fourth-order valence-electron chi connectivity index (χ4n) is 4.88. The normalized spacial score (nSPS) is 20.5. The zero-order chi connectivity index (χ0) is 24.4. The second-order valence-corrected chi connectivity index (χ2v) is 9.92. The van der Waals surface area contributed by atoms with Gasteiger partial charge in [-0.1, -0.05) is 59.6 Å². The Kier molecular flexibility index (Phi) is 6.94. The van der Waals surface area contributed by atoms with Crippen LogP contribution in [0.4, 0.5) is 0 Å². The van der Waals surface area contributed by atoms with E-state index in [9.17, 15) is 4.79 Å². The summed E-state index contributed by atoms with van der Waals surface area (Å²) in [6.45, 7) is 1.92. The van der Waals surface area contributed by atoms with Gasteiger partial charge in [-0.05, 0) is 90.9 Å². The fraction of sp³-hybridized carbons (Fsp3) is 0.241. The third kappa shape index (κ3) is 5.29. The van der Waals surface area contributed by atoms with Crippen LogP contribution in [-0.4, -0.2) is 23.2 Å². The highest BCUT2D eigenvalue weighted by Crippen LogP contribution is 2.44. The quantitative estimate of drug-likeness (QED) is 0.360. The maximum atomic E-state index is 13.4. The van der Waals surface area contributed by atoms with Crippen LogP contribution >= 0.6 is 23.2 Å². The van der Waals surface area contributed by atoms with Crippen LogP contribution in [0, 0.1) is 12.8 Å². The van der Waals surface area contributed by atoms with Crippen LogP contribution in [0.5, 0.6) is 5.75 Å². The van der Waals surface area contributed by atoms with Crippen molar-refractivity contribution in [2.75, 3.05) is 6.61 Å². The van der Waals surface area contributed by atoms with Gasteiger partial charge in [-0.15, -0.1) is 0 Å².